The predicted octanol–water partition coefficient (Wildman–Crippen LogP) is 3.68. The third kappa shape index (κ3) is 3.80. The summed E-state index contributed by atoms with van der Waals surface area (Å²) < 4.78 is 13.1. The highest BCUT2D eigenvalue weighted by Crippen LogP contribution is 2.21. The summed E-state index contributed by atoms with van der Waals surface area (Å²) in [6.45, 7) is 6.54. The fraction of sp³-hybridized carbons (Fsp3) is 0.500. The van der Waals surface area contributed by atoms with Crippen LogP contribution in [0.15, 0.2) is 35.2 Å². The van der Waals surface area contributed by atoms with Crippen molar-refractivity contribution in [2.45, 2.75) is 32.2 Å². The number of nitrogens with one attached hydrogen (secondary N) is 1. The fourth-order valence-corrected chi connectivity index (χ4v) is 1.89. The molecule has 0 aromatic heterocycles. The third-order valence-corrected chi connectivity index (χ3v) is 2.84. The Balaban J connectivity index is 2.60. The standard InChI is InChI=1S/C12H17ClFN/c1-3-11(14)10(13)8-9(2)12-6-4-5-7-15-12/h3,8,12,15H,2,4-7H2,1H3/b10-8+,11-3+/t12-/m0/s1. The van der Waals surface area contributed by atoms with Gasteiger partial charge in [0.1, 0.15) is 5.83 Å². The summed E-state index contributed by atoms with van der Waals surface area (Å²) in [6, 6.07) is 0.247. The summed E-state index contributed by atoms with van der Waals surface area (Å²) in [7, 11) is 0. The molecular formula is C12H17ClFN. The smallest absolute Gasteiger partial charge is 0.137 e. The van der Waals surface area contributed by atoms with Crippen molar-refractivity contribution in [3.8, 4) is 0 Å². The van der Waals surface area contributed by atoms with Crippen molar-refractivity contribution in [1.29, 1.82) is 0 Å². The van der Waals surface area contributed by atoms with Gasteiger partial charge < -0.3 is 5.32 Å². The Bertz CT molecular complexity index is 288. The maximum atomic E-state index is 13.1. The monoisotopic (exact) mass is 229 g/mol. The van der Waals surface area contributed by atoms with E-state index in [1.807, 2.05) is 0 Å². The van der Waals surface area contributed by atoms with Crippen molar-refractivity contribution in [1.82, 2.24) is 5.32 Å². The van der Waals surface area contributed by atoms with E-state index in [1.165, 1.54) is 18.9 Å². The lowest BCUT2D eigenvalue weighted by molar-refractivity contribution is 0.445. The molecule has 1 heterocycles. The van der Waals surface area contributed by atoms with Crippen LogP contribution in [-0.4, -0.2) is 12.6 Å². The average Bonchev–Trinajstić information content (AvgIpc) is 2.29. The van der Waals surface area contributed by atoms with Crippen LogP contribution in [0.25, 0.3) is 0 Å². The van der Waals surface area contributed by atoms with Gasteiger partial charge in [-0.05, 0) is 38.0 Å². The van der Waals surface area contributed by atoms with Crippen LogP contribution < -0.4 is 5.32 Å². The van der Waals surface area contributed by atoms with E-state index in [0.29, 0.717) is 0 Å². The molecule has 1 fully saturated rings. The number of hydrogen-bond donors (Lipinski definition) is 1. The lowest BCUT2D eigenvalue weighted by Crippen LogP contribution is -2.34. The second kappa shape index (κ2) is 6.09. The predicted molar refractivity (Wildman–Crippen MR) is 63.6 cm³/mol. The van der Waals surface area contributed by atoms with Gasteiger partial charge in [0.2, 0.25) is 0 Å². The van der Waals surface area contributed by atoms with Gasteiger partial charge in [-0.2, -0.15) is 0 Å². The molecule has 1 aliphatic heterocycles. The molecule has 0 spiro atoms. The van der Waals surface area contributed by atoms with Gasteiger partial charge in [-0.3, -0.25) is 0 Å². The first-order chi connectivity index (χ1) is 7.15. The fourth-order valence-electron chi connectivity index (χ4n) is 1.64. The van der Waals surface area contributed by atoms with E-state index in [4.69, 9.17) is 11.6 Å². The second-order valence-corrected chi connectivity index (χ2v) is 4.11. The molecular weight excluding hydrogens is 213 g/mol. The maximum absolute atomic E-state index is 13.1. The molecule has 0 aliphatic carbocycles. The summed E-state index contributed by atoms with van der Waals surface area (Å²) in [5, 5.41) is 3.47. The maximum Gasteiger partial charge on any atom is 0.137 e. The van der Waals surface area contributed by atoms with E-state index in [2.05, 4.69) is 11.9 Å². The molecule has 1 aliphatic rings. The topological polar surface area (TPSA) is 12.0 Å². The molecule has 0 aromatic rings. The average molecular weight is 230 g/mol. The van der Waals surface area contributed by atoms with Crippen LogP contribution in [0.4, 0.5) is 4.39 Å². The van der Waals surface area contributed by atoms with Crippen LogP contribution in [0.3, 0.4) is 0 Å². The second-order valence-electron chi connectivity index (χ2n) is 3.71. The molecule has 1 rings (SSSR count). The van der Waals surface area contributed by atoms with Crippen LogP contribution in [0, 0.1) is 0 Å². The highest BCUT2D eigenvalue weighted by molar-refractivity contribution is 6.31. The first-order valence-electron chi connectivity index (χ1n) is 5.26. The Kier molecular flexibility index (Phi) is 5.06. The first-order valence-corrected chi connectivity index (χ1v) is 5.64. The van der Waals surface area contributed by atoms with Crippen LogP contribution in [0.5, 0.6) is 0 Å². The van der Waals surface area contributed by atoms with Crippen molar-refractivity contribution in [3.63, 3.8) is 0 Å². The van der Waals surface area contributed by atoms with Crippen LogP contribution in [0.2, 0.25) is 0 Å². The van der Waals surface area contributed by atoms with E-state index in [-0.39, 0.29) is 11.1 Å². The summed E-state index contributed by atoms with van der Waals surface area (Å²) in [5.41, 5.74) is 0.858. The molecule has 0 unspecified atom stereocenters. The molecule has 1 nitrogen and oxygen atoms in total. The van der Waals surface area contributed by atoms with Crippen molar-refractivity contribution >= 4 is 11.6 Å². The largest absolute Gasteiger partial charge is 0.310 e. The Morgan fingerprint density at radius 2 is 2.27 bits per heavy atom. The Labute approximate surface area is 95.7 Å². The number of halogens is 2. The molecule has 1 atom stereocenters. The Morgan fingerprint density at radius 3 is 2.80 bits per heavy atom. The van der Waals surface area contributed by atoms with Gasteiger partial charge in [-0.15, -0.1) is 0 Å². The lowest BCUT2D eigenvalue weighted by atomic mass is 9.98. The lowest BCUT2D eigenvalue weighted by Gasteiger charge is -2.24. The van der Waals surface area contributed by atoms with E-state index in [9.17, 15) is 4.39 Å². The summed E-state index contributed by atoms with van der Waals surface area (Å²) in [6.07, 6.45) is 6.40. The zero-order valence-electron chi connectivity index (χ0n) is 9.02. The molecule has 0 aromatic carbocycles. The van der Waals surface area contributed by atoms with E-state index < -0.39 is 5.83 Å². The van der Waals surface area contributed by atoms with Gasteiger partial charge in [-0.25, -0.2) is 4.39 Å². The number of piperidine rings is 1. The summed E-state index contributed by atoms with van der Waals surface area (Å²) in [5.74, 6) is -0.395. The molecule has 0 saturated carbocycles. The van der Waals surface area contributed by atoms with Gasteiger partial charge in [0, 0.05) is 6.04 Å². The van der Waals surface area contributed by atoms with Gasteiger partial charge in [0.15, 0.2) is 0 Å². The normalized spacial score (nSPS) is 24.1. The molecule has 1 saturated heterocycles. The highest BCUT2D eigenvalue weighted by Gasteiger charge is 2.14. The van der Waals surface area contributed by atoms with Crippen molar-refractivity contribution in [2.24, 2.45) is 0 Å². The molecule has 0 bridgehead atoms. The quantitative estimate of drug-likeness (QED) is 0.728. The Morgan fingerprint density at radius 1 is 1.53 bits per heavy atom. The van der Waals surface area contributed by atoms with E-state index in [0.717, 1.165) is 18.5 Å². The van der Waals surface area contributed by atoms with Crippen LogP contribution in [-0.2, 0) is 0 Å². The minimum Gasteiger partial charge on any atom is -0.310 e. The Hall–Kier alpha value is -0.600. The molecule has 84 valence electrons. The van der Waals surface area contributed by atoms with Crippen LogP contribution in [0.1, 0.15) is 26.2 Å². The summed E-state index contributed by atoms with van der Waals surface area (Å²) >= 11 is 5.77. The number of allylic oxidation sites excluding steroid dienone is 3. The van der Waals surface area contributed by atoms with Crippen molar-refractivity contribution in [2.75, 3.05) is 6.54 Å². The highest BCUT2D eigenvalue weighted by atomic mass is 35.5. The molecule has 1 N–H and O–H groups in total. The molecule has 0 radical (unpaired) electrons. The SMILES string of the molecule is C=C(/C=C(Cl)\C(F)=C/C)[C@@H]1CCCCN1. The minimum absolute atomic E-state index is 0.134. The molecule has 0 amide bonds. The van der Waals surface area contributed by atoms with Crippen molar-refractivity contribution in [3.05, 3.63) is 35.2 Å². The number of hydrogen-bond acceptors (Lipinski definition) is 1. The van der Waals surface area contributed by atoms with E-state index >= 15 is 0 Å². The van der Waals surface area contributed by atoms with Crippen molar-refractivity contribution < 1.29 is 4.39 Å². The zero-order valence-corrected chi connectivity index (χ0v) is 9.78. The zero-order chi connectivity index (χ0) is 11.3. The summed E-state index contributed by atoms with van der Waals surface area (Å²) in [4.78, 5) is 0. The van der Waals surface area contributed by atoms with E-state index in [1.54, 1.807) is 13.0 Å². The van der Waals surface area contributed by atoms with Gasteiger partial charge in [0.25, 0.3) is 0 Å². The first kappa shape index (κ1) is 12.5. The van der Waals surface area contributed by atoms with Gasteiger partial charge >= 0.3 is 0 Å². The third-order valence-electron chi connectivity index (χ3n) is 2.55. The van der Waals surface area contributed by atoms with Gasteiger partial charge in [0.05, 0.1) is 5.03 Å². The van der Waals surface area contributed by atoms with Gasteiger partial charge in [-0.1, -0.05) is 30.7 Å². The van der Waals surface area contributed by atoms with Crippen LogP contribution >= 0.6 is 11.6 Å². The molecule has 15 heavy (non-hydrogen) atoms. The minimum atomic E-state index is -0.395. The molecule has 3 heteroatoms. The number of rotatable bonds is 3.